The van der Waals surface area contributed by atoms with Crippen LogP contribution in [0, 0.1) is 5.92 Å². The lowest BCUT2D eigenvalue weighted by atomic mass is 10.0. The lowest BCUT2D eigenvalue weighted by molar-refractivity contribution is -0.122. The van der Waals surface area contributed by atoms with Gasteiger partial charge >= 0.3 is 0 Å². The molecule has 5 nitrogen and oxygen atoms in total. The molecule has 0 bridgehead atoms. The van der Waals surface area contributed by atoms with Crippen LogP contribution < -0.4 is 5.32 Å². The van der Waals surface area contributed by atoms with Gasteiger partial charge in [-0.25, -0.2) is 8.42 Å². The summed E-state index contributed by atoms with van der Waals surface area (Å²) in [6.07, 6.45) is 1.49. The van der Waals surface area contributed by atoms with Gasteiger partial charge in [-0.15, -0.1) is 0 Å². The van der Waals surface area contributed by atoms with Crippen LogP contribution in [0.3, 0.4) is 0 Å². The van der Waals surface area contributed by atoms with E-state index in [-0.39, 0.29) is 42.4 Å². The van der Waals surface area contributed by atoms with Crippen molar-refractivity contribution in [3.05, 3.63) is 0 Å². The Morgan fingerprint density at radius 3 is 2.69 bits per heavy atom. The van der Waals surface area contributed by atoms with Crippen LogP contribution in [0.15, 0.2) is 0 Å². The number of nitrogens with one attached hydrogen (secondary N) is 1. The van der Waals surface area contributed by atoms with Crippen molar-refractivity contribution >= 4 is 15.7 Å². The molecule has 0 aromatic carbocycles. The maximum absolute atomic E-state index is 11.5. The molecule has 1 rings (SSSR count). The Kier molecular flexibility index (Phi) is 4.73. The summed E-state index contributed by atoms with van der Waals surface area (Å²) in [4.78, 5) is 11.5. The number of hydrogen-bond acceptors (Lipinski definition) is 4. The lowest BCUT2D eigenvalue weighted by Gasteiger charge is -2.15. The van der Waals surface area contributed by atoms with E-state index in [0.29, 0.717) is 12.8 Å². The van der Waals surface area contributed by atoms with E-state index in [9.17, 15) is 13.2 Å². The molecule has 0 radical (unpaired) electrons. The minimum Gasteiger partial charge on any atom is -0.394 e. The van der Waals surface area contributed by atoms with E-state index in [0.717, 1.165) is 0 Å². The summed E-state index contributed by atoms with van der Waals surface area (Å²) < 4.78 is 22.4. The van der Waals surface area contributed by atoms with Crippen LogP contribution in [-0.2, 0) is 14.6 Å². The zero-order valence-electron chi connectivity index (χ0n) is 9.48. The number of sulfone groups is 1. The highest BCUT2D eigenvalue weighted by atomic mass is 32.2. The summed E-state index contributed by atoms with van der Waals surface area (Å²) in [6.45, 7) is 1.80. The number of rotatable bonds is 5. The van der Waals surface area contributed by atoms with Crippen LogP contribution in [0.5, 0.6) is 0 Å². The van der Waals surface area contributed by atoms with E-state index in [2.05, 4.69) is 5.32 Å². The first-order chi connectivity index (χ1) is 7.46. The van der Waals surface area contributed by atoms with Crippen LogP contribution in [0.25, 0.3) is 0 Å². The fraction of sp³-hybridized carbons (Fsp3) is 0.900. The van der Waals surface area contributed by atoms with Gasteiger partial charge in [-0.05, 0) is 18.8 Å². The maximum Gasteiger partial charge on any atom is 0.220 e. The van der Waals surface area contributed by atoms with Crippen LogP contribution in [0.2, 0.25) is 0 Å². The van der Waals surface area contributed by atoms with Gasteiger partial charge in [-0.2, -0.15) is 0 Å². The molecule has 0 aromatic rings. The van der Waals surface area contributed by atoms with Crippen LogP contribution in [0.1, 0.15) is 26.2 Å². The van der Waals surface area contributed by atoms with Gasteiger partial charge in [0.05, 0.1) is 24.2 Å². The summed E-state index contributed by atoms with van der Waals surface area (Å²) >= 11 is 0. The largest absolute Gasteiger partial charge is 0.394 e. The SMILES string of the molecule is CC[C@@H](CO)NC(=O)CC1CCS(=O)(=O)C1. The van der Waals surface area contributed by atoms with E-state index >= 15 is 0 Å². The number of hydrogen-bond donors (Lipinski definition) is 2. The Morgan fingerprint density at radius 2 is 2.25 bits per heavy atom. The molecule has 0 spiro atoms. The Hall–Kier alpha value is -0.620. The molecular formula is C10H19NO4S. The van der Waals surface area contributed by atoms with Gasteiger partial charge in [0.15, 0.2) is 9.84 Å². The summed E-state index contributed by atoms with van der Waals surface area (Å²) in [7, 11) is -2.91. The average molecular weight is 249 g/mol. The van der Waals surface area contributed by atoms with Gasteiger partial charge in [-0.3, -0.25) is 4.79 Å². The van der Waals surface area contributed by atoms with E-state index in [1.807, 2.05) is 6.92 Å². The van der Waals surface area contributed by atoms with Gasteiger partial charge in [0.2, 0.25) is 5.91 Å². The third-order valence-corrected chi connectivity index (χ3v) is 4.72. The van der Waals surface area contributed by atoms with Crippen molar-refractivity contribution in [3.63, 3.8) is 0 Å². The molecule has 1 amide bonds. The van der Waals surface area contributed by atoms with Gasteiger partial charge in [0.25, 0.3) is 0 Å². The van der Waals surface area contributed by atoms with Gasteiger partial charge < -0.3 is 10.4 Å². The molecule has 94 valence electrons. The number of carbonyl (C=O) groups excluding carboxylic acids is 1. The van der Waals surface area contributed by atoms with Gasteiger partial charge in [0.1, 0.15) is 0 Å². The summed E-state index contributed by atoms with van der Waals surface area (Å²) in [6, 6.07) is -0.217. The highest BCUT2D eigenvalue weighted by molar-refractivity contribution is 7.91. The predicted octanol–water partition coefficient (Wildman–Crippen LogP) is -0.302. The number of aliphatic hydroxyl groups is 1. The van der Waals surface area contributed by atoms with E-state index in [4.69, 9.17) is 5.11 Å². The standard InChI is InChI=1S/C10H19NO4S/c1-2-9(6-12)11-10(13)5-8-3-4-16(14,15)7-8/h8-9,12H,2-7H2,1H3,(H,11,13)/t8?,9-/m0/s1. The van der Waals surface area contributed by atoms with Gasteiger partial charge in [-0.1, -0.05) is 6.92 Å². The molecule has 2 N–H and O–H groups in total. The van der Waals surface area contributed by atoms with Crippen molar-refractivity contribution in [2.45, 2.75) is 32.2 Å². The third-order valence-electron chi connectivity index (χ3n) is 2.88. The molecule has 6 heteroatoms. The van der Waals surface area contributed by atoms with Crippen LogP contribution in [-0.4, -0.2) is 43.6 Å². The highest BCUT2D eigenvalue weighted by Crippen LogP contribution is 2.21. The zero-order chi connectivity index (χ0) is 12.2. The first kappa shape index (κ1) is 13.4. The molecule has 0 aromatic heterocycles. The molecule has 1 aliphatic heterocycles. The molecular weight excluding hydrogens is 230 g/mol. The van der Waals surface area contributed by atoms with Crippen LogP contribution in [0.4, 0.5) is 0 Å². The molecule has 0 saturated carbocycles. The quantitative estimate of drug-likeness (QED) is 0.700. The van der Waals surface area contributed by atoms with Crippen molar-refractivity contribution in [3.8, 4) is 0 Å². The monoisotopic (exact) mass is 249 g/mol. The number of carbonyl (C=O) groups is 1. The summed E-state index contributed by atoms with van der Waals surface area (Å²) in [5.74, 6) is 0.0996. The lowest BCUT2D eigenvalue weighted by Crippen LogP contribution is -2.37. The predicted molar refractivity (Wildman–Crippen MR) is 60.7 cm³/mol. The maximum atomic E-state index is 11.5. The zero-order valence-corrected chi connectivity index (χ0v) is 10.3. The molecule has 0 aliphatic carbocycles. The first-order valence-corrected chi connectivity index (χ1v) is 7.39. The molecule has 1 fully saturated rings. The van der Waals surface area contributed by atoms with E-state index in [1.165, 1.54) is 0 Å². The molecule has 1 unspecified atom stereocenters. The average Bonchev–Trinajstić information content (AvgIpc) is 2.54. The molecule has 1 saturated heterocycles. The van der Waals surface area contributed by atoms with E-state index < -0.39 is 9.84 Å². The van der Waals surface area contributed by atoms with Crippen molar-refractivity contribution in [1.29, 1.82) is 0 Å². The Bertz CT molecular complexity index is 335. The fourth-order valence-corrected chi connectivity index (χ4v) is 3.72. The van der Waals surface area contributed by atoms with Crippen LogP contribution >= 0.6 is 0 Å². The van der Waals surface area contributed by atoms with Gasteiger partial charge in [0, 0.05) is 6.42 Å². The summed E-state index contributed by atoms with van der Waals surface area (Å²) in [5.41, 5.74) is 0. The summed E-state index contributed by atoms with van der Waals surface area (Å²) in [5, 5.41) is 11.6. The molecule has 2 atom stereocenters. The second-order valence-electron chi connectivity index (χ2n) is 4.33. The fourth-order valence-electron chi connectivity index (χ4n) is 1.86. The smallest absolute Gasteiger partial charge is 0.220 e. The van der Waals surface area contributed by atoms with Crippen molar-refractivity contribution in [2.24, 2.45) is 5.92 Å². The molecule has 16 heavy (non-hydrogen) atoms. The van der Waals surface area contributed by atoms with Crippen molar-refractivity contribution < 1.29 is 18.3 Å². The first-order valence-electron chi connectivity index (χ1n) is 5.57. The number of aliphatic hydroxyl groups excluding tert-OH is 1. The number of amides is 1. The molecule has 1 aliphatic rings. The third kappa shape index (κ3) is 4.09. The Balaban J connectivity index is 2.35. The normalized spacial score (nSPS) is 25.2. The Labute approximate surface area is 96.1 Å². The minimum atomic E-state index is -2.91. The Morgan fingerprint density at radius 1 is 1.56 bits per heavy atom. The highest BCUT2D eigenvalue weighted by Gasteiger charge is 2.29. The molecule has 1 heterocycles. The van der Waals surface area contributed by atoms with Crippen molar-refractivity contribution in [2.75, 3.05) is 18.1 Å². The topological polar surface area (TPSA) is 83.5 Å². The second kappa shape index (κ2) is 5.63. The minimum absolute atomic E-state index is 0.0544. The van der Waals surface area contributed by atoms with Crippen molar-refractivity contribution in [1.82, 2.24) is 5.32 Å². The second-order valence-corrected chi connectivity index (χ2v) is 6.56. The van der Waals surface area contributed by atoms with E-state index in [1.54, 1.807) is 0 Å².